The highest BCUT2D eigenvalue weighted by molar-refractivity contribution is 5.52. The number of aromatic nitrogens is 2. The molecule has 1 aromatic carbocycles. The third-order valence-electron chi connectivity index (χ3n) is 2.00. The molecule has 0 aliphatic rings. The Morgan fingerprint density at radius 2 is 2.07 bits per heavy atom. The molecule has 2 aromatic rings. The first-order valence-corrected chi connectivity index (χ1v) is 4.29. The normalized spacial score (nSPS) is 9.20. The van der Waals surface area contributed by atoms with Crippen LogP contribution in [0.5, 0.6) is 0 Å². The van der Waals surface area contributed by atoms with E-state index < -0.39 is 0 Å². The fourth-order valence-electron chi connectivity index (χ4n) is 1.30. The quantitative estimate of drug-likeness (QED) is 0.692. The second-order valence-electron chi connectivity index (χ2n) is 2.91. The standard InChI is InChI=1S/C11H6N4/c12-7-9-2-3-10(8-13)11(6-9)15-5-1-4-14-15/h1-6H. The van der Waals surface area contributed by atoms with Gasteiger partial charge in [-0.05, 0) is 24.3 Å². The summed E-state index contributed by atoms with van der Waals surface area (Å²) >= 11 is 0. The van der Waals surface area contributed by atoms with Crippen molar-refractivity contribution in [3.63, 3.8) is 0 Å². The monoisotopic (exact) mass is 194 g/mol. The maximum atomic E-state index is 8.91. The molecule has 70 valence electrons. The maximum Gasteiger partial charge on any atom is 0.101 e. The topological polar surface area (TPSA) is 65.4 Å². The third kappa shape index (κ3) is 1.56. The molecular formula is C11H6N4. The van der Waals surface area contributed by atoms with E-state index in [-0.39, 0.29) is 0 Å². The molecule has 1 heterocycles. The van der Waals surface area contributed by atoms with Crippen LogP contribution in [-0.2, 0) is 0 Å². The van der Waals surface area contributed by atoms with Gasteiger partial charge in [0.2, 0.25) is 0 Å². The van der Waals surface area contributed by atoms with Crippen molar-refractivity contribution >= 4 is 0 Å². The summed E-state index contributed by atoms with van der Waals surface area (Å²) in [5.41, 5.74) is 1.64. The molecule has 0 aliphatic heterocycles. The Balaban J connectivity index is 2.65. The molecule has 0 spiro atoms. The fraction of sp³-hybridized carbons (Fsp3) is 0. The van der Waals surface area contributed by atoms with Crippen molar-refractivity contribution in [2.75, 3.05) is 0 Å². The third-order valence-corrected chi connectivity index (χ3v) is 2.00. The lowest BCUT2D eigenvalue weighted by Gasteiger charge is -2.03. The minimum atomic E-state index is 0.498. The predicted octanol–water partition coefficient (Wildman–Crippen LogP) is 1.62. The molecule has 0 radical (unpaired) electrons. The summed E-state index contributed by atoms with van der Waals surface area (Å²) in [6.45, 7) is 0. The van der Waals surface area contributed by atoms with E-state index in [1.54, 1.807) is 41.3 Å². The number of rotatable bonds is 1. The minimum absolute atomic E-state index is 0.498. The Bertz CT molecular complexity index is 555. The van der Waals surface area contributed by atoms with Crippen molar-refractivity contribution in [2.45, 2.75) is 0 Å². The highest BCUT2D eigenvalue weighted by Gasteiger charge is 2.05. The molecule has 4 heteroatoms. The molecule has 15 heavy (non-hydrogen) atoms. The largest absolute Gasteiger partial charge is 0.240 e. The Morgan fingerprint density at radius 1 is 1.20 bits per heavy atom. The molecule has 2 rings (SSSR count). The Morgan fingerprint density at radius 3 is 2.67 bits per heavy atom. The molecule has 4 nitrogen and oxygen atoms in total. The van der Waals surface area contributed by atoms with E-state index in [0.717, 1.165) is 0 Å². The molecular weight excluding hydrogens is 188 g/mol. The van der Waals surface area contributed by atoms with Crippen LogP contribution in [0.4, 0.5) is 0 Å². The summed E-state index contributed by atoms with van der Waals surface area (Å²) in [5.74, 6) is 0. The van der Waals surface area contributed by atoms with E-state index in [2.05, 4.69) is 11.2 Å². The number of nitriles is 2. The van der Waals surface area contributed by atoms with Gasteiger partial charge in [-0.15, -0.1) is 0 Å². The maximum absolute atomic E-state index is 8.91. The lowest BCUT2D eigenvalue weighted by Crippen LogP contribution is -1.98. The summed E-state index contributed by atoms with van der Waals surface area (Å²) in [4.78, 5) is 0. The molecule has 0 atom stereocenters. The van der Waals surface area contributed by atoms with Crippen molar-refractivity contribution in [1.29, 1.82) is 10.5 Å². The average Bonchev–Trinajstić information content (AvgIpc) is 2.81. The summed E-state index contributed by atoms with van der Waals surface area (Å²) in [7, 11) is 0. The summed E-state index contributed by atoms with van der Waals surface area (Å²) in [6, 6.07) is 10.7. The van der Waals surface area contributed by atoms with Gasteiger partial charge in [0.1, 0.15) is 6.07 Å². The Hall–Kier alpha value is -2.59. The van der Waals surface area contributed by atoms with Crippen LogP contribution in [-0.4, -0.2) is 9.78 Å². The fourth-order valence-corrected chi connectivity index (χ4v) is 1.30. The lowest BCUT2D eigenvalue weighted by molar-refractivity contribution is 0.877. The van der Waals surface area contributed by atoms with Gasteiger partial charge in [-0.1, -0.05) is 0 Å². The van der Waals surface area contributed by atoms with Gasteiger partial charge in [0.15, 0.2) is 0 Å². The van der Waals surface area contributed by atoms with Crippen LogP contribution in [0.2, 0.25) is 0 Å². The van der Waals surface area contributed by atoms with E-state index in [1.165, 1.54) is 0 Å². The molecule has 0 amide bonds. The summed E-state index contributed by atoms with van der Waals surface area (Å²) in [5, 5.41) is 21.7. The lowest BCUT2D eigenvalue weighted by atomic mass is 10.1. The van der Waals surface area contributed by atoms with Crippen molar-refractivity contribution in [3.8, 4) is 17.8 Å². The molecule has 0 saturated carbocycles. The number of benzene rings is 1. The first-order valence-electron chi connectivity index (χ1n) is 4.29. The van der Waals surface area contributed by atoms with Gasteiger partial charge in [0.25, 0.3) is 0 Å². The van der Waals surface area contributed by atoms with Crippen LogP contribution in [0, 0.1) is 22.7 Å². The molecule has 1 aromatic heterocycles. The van der Waals surface area contributed by atoms with Gasteiger partial charge in [-0.3, -0.25) is 0 Å². The molecule has 0 unspecified atom stereocenters. The van der Waals surface area contributed by atoms with Crippen LogP contribution in [0.25, 0.3) is 5.69 Å². The molecule has 0 N–H and O–H groups in total. The van der Waals surface area contributed by atoms with E-state index >= 15 is 0 Å². The van der Waals surface area contributed by atoms with Crippen molar-refractivity contribution < 1.29 is 0 Å². The van der Waals surface area contributed by atoms with E-state index in [0.29, 0.717) is 16.8 Å². The molecule has 0 aliphatic carbocycles. The van der Waals surface area contributed by atoms with E-state index in [1.807, 2.05) is 6.07 Å². The van der Waals surface area contributed by atoms with Crippen LogP contribution in [0.1, 0.15) is 11.1 Å². The Kier molecular flexibility index (Phi) is 2.19. The summed E-state index contributed by atoms with van der Waals surface area (Å²) in [6.07, 6.45) is 3.36. The van der Waals surface area contributed by atoms with E-state index in [9.17, 15) is 0 Å². The first kappa shape index (κ1) is 8.98. The van der Waals surface area contributed by atoms with Gasteiger partial charge < -0.3 is 0 Å². The van der Waals surface area contributed by atoms with Crippen LogP contribution in [0.15, 0.2) is 36.7 Å². The smallest absolute Gasteiger partial charge is 0.101 e. The first-order chi connectivity index (χ1) is 7.35. The second-order valence-corrected chi connectivity index (χ2v) is 2.91. The summed E-state index contributed by atoms with van der Waals surface area (Å²) < 4.78 is 1.57. The van der Waals surface area contributed by atoms with Crippen LogP contribution < -0.4 is 0 Å². The van der Waals surface area contributed by atoms with E-state index in [4.69, 9.17) is 10.5 Å². The van der Waals surface area contributed by atoms with Gasteiger partial charge in [0.05, 0.1) is 22.9 Å². The van der Waals surface area contributed by atoms with Gasteiger partial charge >= 0.3 is 0 Å². The number of nitrogens with zero attached hydrogens (tertiary/aromatic N) is 4. The number of hydrogen-bond donors (Lipinski definition) is 0. The Labute approximate surface area is 86.6 Å². The predicted molar refractivity (Wildman–Crippen MR) is 53.0 cm³/mol. The minimum Gasteiger partial charge on any atom is -0.240 e. The average molecular weight is 194 g/mol. The van der Waals surface area contributed by atoms with Crippen molar-refractivity contribution in [3.05, 3.63) is 47.8 Å². The van der Waals surface area contributed by atoms with Crippen LogP contribution in [0.3, 0.4) is 0 Å². The highest BCUT2D eigenvalue weighted by Crippen LogP contribution is 2.14. The van der Waals surface area contributed by atoms with Crippen LogP contribution >= 0.6 is 0 Å². The zero-order chi connectivity index (χ0) is 10.7. The molecule has 0 bridgehead atoms. The van der Waals surface area contributed by atoms with Gasteiger partial charge in [-0.2, -0.15) is 15.6 Å². The second kappa shape index (κ2) is 3.65. The number of hydrogen-bond acceptors (Lipinski definition) is 3. The van der Waals surface area contributed by atoms with Crippen molar-refractivity contribution in [1.82, 2.24) is 9.78 Å². The van der Waals surface area contributed by atoms with Gasteiger partial charge in [-0.25, -0.2) is 4.68 Å². The molecule has 0 fully saturated rings. The van der Waals surface area contributed by atoms with Gasteiger partial charge in [0, 0.05) is 12.4 Å². The van der Waals surface area contributed by atoms with Crippen molar-refractivity contribution in [2.24, 2.45) is 0 Å². The SMILES string of the molecule is N#Cc1ccc(C#N)c(-n2cccn2)c1. The zero-order valence-corrected chi connectivity index (χ0v) is 7.75. The zero-order valence-electron chi connectivity index (χ0n) is 7.75. The molecule has 0 saturated heterocycles. The highest BCUT2D eigenvalue weighted by atomic mass is 15.3.